The predicted octanol–water partition coefficient (Wildman–Crippen LogP) is 4.12. The van der Waals surface area contributed by atoms with Crippen LogP contribution in [0.1, 0.15) is 24.1 Å². The lowest BCUT2D eigenvalue weighted by Crippen LogP contribution is -2.49. The van der Waals surface area contributed by atoms with Gasteiger partial charge in [-0.05, 0) is 54.8 Å². The number of nitrogens with zero attached hydrogens (tertiary/aromatic N) is 2. The lowest BCUT2D eigenvalue weighted by molar-refractivity contribution is 0.162. The summed E-state index contributed by atoms with van der Waals surface area (Å²) in [5.41, 5.74) is 4.62. The summed E-state index contributed by atoms with van der Waals surface area (Å²) >= 11 is 0. The van der Waals surface area contributed by atoms with Gasteiger partial charge in [0.1, 0.15) is 5.75 Å². The first kappa shape index (κ1) is 18.9. The van der Waals surface area contributed by atoms with E-state index in [0.29, 0.717) is 5.75 Å². The van der Waals surface area contributed by atoms with Crippen LogP contribution in [0.4, 0.5) is 5.69 Å². The number of methoxy groups -OCH3 is 2. The number of phenols is 1. The molecule has 30 heavy (non-hydrogen) atoms. The molecule has 3 aromatic rings. The average Bonchev–Trinajstić information content (AvgIpc) is 3.26. The second-order valence-corrected chi connectivity index (χ2v) is 8.14. The van der Waals surface area contributed by atoms with Crippen molar-refractivity contribution in [1.82, 2.24) is 9.47 Å². The van der Waals surface area contributed by atoms with Crippen LogP contribution in [0.3, 0.4) is 0 Å². The van der Waals surface area contributed by atoms with Crippen LogP contribution < -0.4 is 14.8 Å². The highest BCUT2D eigenvalue weighted by Crippen LogP contribution is 2.44. The number of aromatic hydroxyl groups is 1. The molecule has 1 saturated heterocycles. The molecule has 2 aliphatic rings. The van der Waals surface area contributed by atoms with E-state index < -0.39 is 0 Å². The van der Waals surface area contributed by atoms with Gasteiger partial charge in [-0.2, -0.15) is 0 Å². The Morgan fingerprint density at radius 3 is 2.60 bits per heavy atom. The molecular weight excluding hydrogens is 378 g/mol. The first-order valence-electron chi connectivity index (χ1n) is 10.3. The van der Waals surface area contributed by atoms with Crippen LogP contribution in [0.15, 0.2) is 54.7 Å². The number of likely N-dealkylation sites (tertiary alicyclic amines) is 1. The number of ether oxygens (including phenoxy) is 2. The van der Waals surface area contributed by atoms with Crippen molar-refractivity contribution in [3.8, 4) is 22.9 Å². The zero-order valence-corrected chi connectivity index (χ0v) is 17.4. The normalized spacial score (nSPS) is 17.1. The summed E-state index contributed by atoms with van der Waals surface area (Å²) in [6, 6.07) is 16.2. The SMILES string of the molecule is COc1ccc2c(c1)NC1(CCN(Cc3ccc(OC)c(O)c3)CC1)c1cccn1-2. The molecule has 2 aromatic carbocycles. The Hall–Kier alpha value is -3.12. The summed E-state index contributed by atoms with van der Waals surface area (Å²) in [6.45, 7) is 2.77. The number of piperidine rings is 1. The maximum atomic E-state index is 10.1. The van der Waals surface area contributed by atoms with E-state index in [1.54, 1.807) is 20.3 Å². The number of nitrogens with one attached hydrogen (secondary N) is 1. The third kappa shape index (κ3) is 3.08. The van der Waals surface area contributed by atoms with Crippen molar-refractivity contribution in [3.63, 3.8) is 0 Å². The van der Waals surface area contributed by atoms with E-state index in [9.17, 15) is 5.11 Å². The zero-order chi connectivity index (χ0) is 20.7. The third-order valence-electron chi connectivity index (χ3n) is 6.44. The molecule has 0 amide bonds. The second kappa shape index (κ2) is 7.29. The van der Waals surface area contributed by atoms with Crippen LogP contribution in [-0.2, 0) is 12.1 Å². The highest BCUT2D eigenvalue weighted by atomic mass is 16.5. The van der Waals surface area contributed by atoms with Crippen molar-refractivity contribution in [1.29, 1.82) is 0 Å². The predicted molar refractivity (Wildman–Crippen MR) is 117 cm³/mol. The van der Waals surface area contributed by atoms with Gasteiger partial charge < -0.3 is 24.5 Å². The van der Waals surface area contributed by atoms with E-state index in [2.05, 4.69) is 45.2 Å². The molecule has 0 aliphatic carbocycles. The van der Waals surface area contributed by atoms with E-state index in [1.165, 1.54) is 5.69 Å². The van der Waals surface area contributed by atoms with Crippen molar-refractivity contribution >= 4 is 5.69 Å². The second-order valence-electron chi connectivity index (χ2n) is 8.14. The maximum Gasteiger partial charge on any atom is 0.160 e. The molecule has 6 nitrogen and oxygen atoms in total. The van der Waals surface area contributed by atoms with Gasteiger partial charge in [0, 0.05) is 37.6 Å². The Balaban J connectivity index is 1.36. The number of hydrogen-bond donors (Lipinski definition) is 2. The van der Waals surface area contributed by atoms with Crippen LogP contribution in [0.5, 0.6) is 17.2 Å². The molecule has 2 N–H and O–H groups in total. The quantitative estimate of drug-likeness (QED) is 0.684. The Labute approximate surface area is 176 Å². The zero-order valence-electron chi connectivity index (χ0n) is 17.4. The van der Waals surface area contributed by atoms with Crippen LogP contribution in [-0.4, -0.2) is 41.9 Å². The maximum absolute atomic E-state index is 10.1. The minimum atomic E-state index is -0.0819. The Morgan fingerprint density at radius 2 is 1.87 bits per heavy atom. The number of benzene rings is 2. The molecule has 0 bridgehead atoms. The molecule has 156 valence electrons. The molecule has 2 aliphatic heterocycles. The molecule has 5 rings (SSSR count). The van der Waals surface area contributed by atoms with Crippen LogP contribution >= 0.6 is 0 Å². The molecule has 0 saturated carbocycles. The van der Waals surface area contributed by atoms with Crippen molar-refractivity contribution in [2.45, 2.75) is 24.9 Å². The fourth-order valence-electron chi connectivity index (χ4n) is 4.82. The molecule has 1 aromatic heterocycles. The summed E-state index contributed by atoms with van der Waals surface area (Å²) in [5, 5.41) is 13.9. The number of rotatable bonds is 4. The summed E-state index contributed by atoms with van der Waals surface area (Å²) in [5.74, 6) is 1.57. The van der Waals surface area contributed by atoms with Gasteiger partial charge in [0.2, 0.25) is 0 Å². The third-order valence-corrected chi connectivity index (χ3v) is 6.44. The van der Waals surface area contributed by atoms with Crippen molar-refractivity contribution in [2.24, 2.45) is 0 Å². The molecule has 0 radical (unpaired) electrons. The summed E-state index contributed by atoms with van der Waals surface area (Å²) < 4.78 is 12.9. The fraction of sp³-hybridized carbons (Fsp3) is 0.333. The van der Waals surface area contributed by atoms with Crippen molar-refractivity contribution in [2.75, 3.05) is 32.6 Å². The Morgan fingerprint density at radius 1 is 1.03 bits per heavy atom. The van der Waals surface area contributed by atoms with E-state index in [-0.39, 0.29) is 11.3 Å². The highest BCUT2D eigenvalue weighted by Gasteiger charge is 2.41. The summed E-state index contributed by atoms with van der Waals surface area (Å²) in [6.07, 6.45) is 4.17. The highest BCUT2D eigenvalue weighted by molar-refractivity contribution is 5.69. The number of phenolic OH excluding ortho intramolecular Hbond substituents is 1. The van der Waals surface area contributed by atoms with Gasteiger partial charge in [-0.25, -0.2) is 0 Å². The van der Waals surface area contributed by atoms with Crippen molar-refractivity contribution < 1.29 is 14.6 Å². The number of hydrogen-bond acceptors (Lipinski definition) is 5. The molecular formula is C24H27N3O3. The fourth-order valence-corrected chi connectivity index (χ4v) is 4.82. The molecule has 6 heteroatoms. The Bertz CT molecular complexity index is 1070. The summed E-state index contributed by atoms with van der Waals surface area (Å²) in [7, 11) is 3.27. The van der Waals surface area contributed by atoms with Gasteiger partial charge >= 0.3 is 0 Å². The molecule has 0 unspecified atom stereocenters. The number of anilines is 1. The first-order valence-corrected chi connectivity index (χ1v) is 10.3. The van der Waals surface area contributed by atoms with Gasteiger partial charge in [0.15, 0.2) is 11.5 Å². The smallest absolute Gasteiger partial charge is 0.160 e. The summed E-state index contributed by atoms with van der Waals surface area (Å²) in [4.78, 5) is 2.45. The number of fused-ring (bicyclic) bond motifs is 4. The van der Waals surface area contributed by atoms with Gasteiger partial charge in [-0.15, -0.1) is 0 Å². The van der Waals surface area contributed by atoms with Crippen LogP contribution in [0.25, 0.3) is 5.69 Å². The van der Waals surface area contributed by atoms with Crippen LogP contribution in [0, 0.1) is 0 Å². The largest absolute Gasteiger partial charge is 0.504 e. The lowest BCUT2D eigenvalue weighted by atomic mass is 9.82. The van der Waals surface area contributed by atoms with E-state index in [1.807, 2.05) is 18.2 Å². The minimum Gasteiger partial charge on any atom is -0.504 e. The average molecular weight is 405 g/mol. The van der Waals surface area contributed by atoms with E-state index in [0.717, 1.165) is 55.2 Å². The molecule has 3 heterocycles. The van der Waals surface area contributed by atoms with Gasteiger partial charge in [-0.1, -0.05) is 6.07 Å². The lowest BCUT2D eigenvalue weighted by Gasteiger charge is -2.46. The topological polar surface area (TPSA) is 58.9 Å². The van der Waals surface area contributed by atoms with E-state index in [4.69, 9.17) is 9.47 Å². The number of aromatic nitrogens is 1. The van der Waals surface area contributed by atoms with Crippen LogP contribution in [0.2, 0.25) is 0 Å². The molecule has 1 fully saturated rings. The Kier molecular flexibility index (Phi) is 4.59. The minimum absolute atomic E-state index is 0.0819. The standard InChI is InChI=1S/C24H27N3O3/c1-29-18-6-7-20-19(15-18)25-24(23-4-3-11-27(20)23)9-12-26(13-10-24)16-17-5-8-22(30-2)21(28)14-17/h3-8,11,14-15,25,28H,9-10,12-13,16H2,1-2H3. The monoisotopic (exact) mass is 405 g/mol. The molecule has 0 atom stereocenters. The molecule has 1 spiro atoms. The van der Waals surface area contributed by atoms with E-state index >= 15 is 0 Å². The van der Waals surface area contributed by atoms with Gasteiger partial charge in [0.25, 0.3) is 0 Å². The first-order chi connectivity index (χ1) is 14.6. The van der Waals surface area contributed by atoms with Crippen molar-refractivity contribution in [3.05, 3.63) is 66.0 Å². The van der Waals surface area contributed by atoms with Gasteiger partial charge in [-0.3, -0.25) is 4.90 Å². The van der Waals surface area contributed by atoms with Gasteiger partial charge in [0.05, 0.1) is 31.1 Å².